The van der Waals surface area contributed by atoms with Gasteiger partial charge < -0.3 is 5.32 Å². The van der Waals surface area contributed by atoms with Gasteiger partial charge in [-0.15, -0.1) is 11.8 Å². The van der Waals surface area contributed by atoms with Crippen molar-refractivity contribution in [2.45, 2.75) is 35.1 Å². The highest BCUT2D eigenvalue weighted by atomic mass is 79.9. The number of halogens is 1. The van der Waals surface area contributed by atoms with Crippen LogP contribution in [0.25, 0.3) is 0 Å². The van der Waals surface area contributed by atoms with Crippen molar-refractivity contribution in [2.75, 3.05) is 19.1 Å². The van der Waals surface area contributed by atoms with Gasteiger partial charge in [0, 0.05) is 21.7 Å². The standard InChI is InChI=1S/C13H18BrNO2S2/c1-18-13-10(14)7-9(8-12(13)19(2,16)17)11-5-3-4-6-15-11/h7-8,11,15H,3-6H2,1-2H3. The molecule has 1 unspecified atom stereocenters. The Hall–Kier alpha value is -0.0400. The maximum atomic E-state index is 11.9. The maximum Gasteiger partial charge on any atom is 0.176 e. The topological polar surface area (TPSA) is 46.2 Å². The van der Waals surface area contributed by atoms with Crippen LogP contribution >= 0.6 is 27.7 Å². The van der Waals surface area contributed by atoms with E-state index in [9.17, 15) is 8.42 Å². The number of benzene rings is 1. The lowest BCUT2D eigenvalue weighted by atomic mass is 9.98. The first-order valence-corrected chi connectivity index (χ1v) is 10.2. The number of rotatable bonds is 3. The largest absolute Gasteiger partial charge is 0.310 e. The van der Waals surface area contributed by atoms with E-state index in [-0.39, 0.29) is 6.04 Å². The predicted octanol–water partition coefficient (Wildman–Crippen LogP) is 3.39. The zero-order chi connectivity index (χ0) is 14.0. The molecule has 1 fully saturated rings. The normalized spacial score (nSPS) is 20.5. The molecule has 6 heteroatoms. The molecule has 0 aromatic heterocycles. The summed E-state index contributed by atoms with van der Waals surface area (Å²) in [4.78, 5) is 1.22. The quantitative estimate of drug-likeness (QED) is 0.836. The fraction of sp³-hybridized carbons (Fsp3) is 0.538. The van der Waals surface area contributed by atoms with E-state index >= 15 is 0 Å². The van der Waals surface area contributed by atoms with Crippen LogP contribution in [0.1, 0.15) is 30.9 Å². The lowest BCUT2D eigenvalue weighted by Gasteiger charge is -2.25. The van der Waals surface area contributed by atoms with Gasteiger partial charge in [-0.2, -0.15) is 0 Å². The molecule has 1 aliphatic heterocycles. The molecule has 19 heavy (non-hydrogen) atoms. The molecule has 0 bridgehead atoms. The van der Waals surface area contributed by atoms with E-state index in [1.54, 1.807) is 0 Å². The van der Waals surface area contributed by atoms with Gasteiger partial charge >= 0.3 is 0 Å². The van der Waals surface area contributed by atoms with E-state index in [1.807, 2.05) is 18.4 Å². The summed E-state index contributed by atoms with van der Waals surface area (Å²) in [6.45, 7) is 1.00. The first-order chi connectivity index (χ1) is 8.93. The summed E-state index contributed by atoms with van der Waals surface area (Å²) >= 11 is 4.96. The third-order valence-electron chi connectivity index (χ3n) is 3.35. The van der Waals surface area contributed by atoms with Crippen molar-refractivity contribution in [1.29, 1.82) is 0 Å². The van der Waals surface area contributed by atoms with E-state index < -0.39 is 9.84 Å². The molecule has 1 heterocycles. The van der Waals surface area contributed by atoms with Crippen molar-refractivity contribution in [3.05, 3.63) is 22.2 Å². The Balaban J connectivity index is 2.50. The van der Waals surface area contributed by atoms with Gasteiger partial charge in [-0.05, 0) is 59.3 Å². The number of piperidine rings is 1. The molecule has 1 saturated heterocycles. The Bertz CT molecular complexity index is 566. The molecule has 1 N–H and O–H groups in total. The number of thioether (sulfide) groups is 1. The summed E-state index contributed by atoms with van der Waals surface area (Å²) in [6, 6.07) is 4.14. The summed E-state index contributed by atoms with van der Waals surface area (Å²) in [6.07, 6.45) is 6.61. The lowest BCUT2D eigenvalue weighted by molar-refractivity contribution is 0.411. The summed E-state index contributed by atoms with van der Waals surface area (Å²) in [7, 11) is -3.21. The van der Waals surface area contributed by atoms with Gasteiger partial charge in [-0.3, -0.25) is 0 Å². The van der Waals surface area contributed by atoms with Gasteiger partial charge in [-0.1, -0.05) is 6.42 Å². The molecule has 1 aromatic rings. The summed E-state index contributed by atoms with van der Waals surface area (Å²) < 4.78 is 24.8. The number of nitrogens with one attached hydrogen (secondary N) is 1. The number of hydrogen-bond donors (Lipinski definition) is 1. The van der Waals surface area contributed by atoms with Crippen LogP contribution in [-0.2, 0) is 9.84 Å². The Kier molecular flexibility index (Phi) is 4.98. The van der Waals surface area contributed by atoms with E-state index in [0.29, 0.717) is 4.90 Å². The maximum absolute atomic E-state index is 11.9. The third kappa shape index (κ3) is 3.54. The highest BCUT2D eigenvalue weighted by Crippen LogP contribution is 2.36. The molecule has 0 aliphatic carbocycles. The van der Waals surface area contributed by atoms with Crippen molar-refractivity contribution in [3.63, 3.8) is 0 Å². The van der Waals surface area contributed by atoms with E-state index in [1.165, 1.54) is 30.9 Å². The zero-order valence-corrected chi connectivity index (χ0v) is 14.3. The summed E-state index contributed by atoms with van der Waals surface area (Å²) in [5.41, 5.74) is 1.06. The minimum Gasteiger partial charge on any atom is -0.310 e. The highest BCUT2D eigenvalue weighted by molar-refractivity contribution is 9.10. The van der Waals surface area contributed by atoms with E-state index in [2.05, 4.69) is 21.2 Å². The molecule has 1 atom stereocenters. The third-order valence-corrected chi connectivity index (χ3v) is 6.33. The molecule has 1 aliphatic rings. The van der Waals surface area contributed by atoms with E-state index in [4.69, 9.17) is 0 Å². The highest BCUT2D eigenvalue weighted by Gasteiger charge is 2.21. The van der Waals surface area contributed by atoms with Crippen molar-refractivity contribution >= 4 is 37.5 Å². The Morgan fingerprint density at radius 3 is 2.63 bits per heavy atom. The summed E-state index contributed by atoms with van der Waals surface area (Å²) in [5.74, 6) is 0. The summed E-state index contributed by atoms with van der Waals surface area (Å²) in [5, 5.41) is 3.46. The van der Waals surface area contributed by atoms with Crippen LogP contribution in [0.15, 0.2) is 26.4 Å². The Morgan fingerprint density at radius 2 is 2.11 bits per heavy atom. The minimum atomic E-state index is -3.21. The van der Waals surface area contributed by atoms with Crippen molar-refractivity contribution in [1.82, 2.24) is 5.32 Å². The second-order valence-electron chi connectivity index (χ2n) is 4.81. The fourth-order valence-electron chi connectivity index (χ4n) is 2.40. The molecule has 1 aromatic carbocycles. The second kappa shape index (κ2) is 6.16. The fourth-order valence-corrected chi connectivity index (χ4v) is 5.51. The number of sulfone groups is 1. The molecule has 0 amide bonds. The molecule has 3 nitrogen and oxygen atoms in total. The second-order valence-corrected chi connectivity index (χ2v) is 8.46. The first kappa shape index (κ1) is 15.4. The zero-order valence-electron chi connectivity index (χ0n) is 11.1. The van der Waals surface area contributed by atoms with Crippen LogP contribution in [-0.4, -0.2) is 27.5 Å². The smallest absolute Gasteiger partial charge is 0.176 e. The van der Waals surface area contributed by atoms with E-state index in [0.717, 1.165) is 27.9 Å². The molecular weight excluding hydrogens is 346 g/mol. The molecule has 106 valence electrons. The lowest BCUT2D eigenvalue weighted by Crippen LogP contribution is -2.27. The average molecular weight is 364 g/mol. The van der Waals surface area contributed by atoms with Gasteiger partial charge in [-0.25, -0.2) is 8.42 Å². The van der Waals surface area contributed by atoms with Gasteiger partial charge in [0.05, 0.1) is 4.90 Å². The monoisotopic (exact) mass is 363 g/mol. The SMILES string of the molecule is CSc1c(Br)cc(C2CCCCN2)cc1S(C)(=O)=O. The van der Waals surface area contributed by atoms with Crippen LogP contribution < -0.4 is 5.32 Å². The minimum absolute atomic E-state index is 0.265. The average Bonchev–Trinajstić information content (AvgIpc) is 2.37. The first-order valence-electron chi connectivity index (χ1n) is 6.24. The van der Waals surface area contributed by atoms with Crippen molar-refractivity contribution < 1.29 is 8.42 Å². The molecule has 0 spiro atoms. The number of hydrogen-bond acceptors (Lipinski definition) is 4. The van der Waals surface area contributed by atoms with Gasteiger partial charge in [0.1, 0.15) is 0 Å². The van der Waals surface area contributed by atoms with Crippen LogP contribution in [0.2, 0.25) is 0 Å². The molecular formula is C13H18BrNO2S2. The van der Waals surface area contributed by atoms with Crippen LogP contribution in [0.5, 0.6) is 0 Å². The van der Waals surface area contributed by atoms with Gasteiger partial charge in [0.15, 0.2) is 9.84 Å². The molecule has 0 saturated carbocycles. The Labute approximate surface area is 127 Å². The van der Waals surface area contributed by atoms with Crippen LogP contribution in [0.4, 0.5) is 0 Å². The predicted molar refractivity (Wildman–Crippen MR) is 83.6 cm³/mol. The Morgan fingerprint density at radius 1 is 1.37 bits per heavy atom. The van der Waals surface area contributed by atoms with Crippen LogP contribution in [0.3, 0.4) is 0 Å². The molecule has 0 radical (unpaired) electrons. The van der Waals surface area contributed by atoms with Gasteiger partial charge in [0.25, 0.3) is 0 Å². The van der Waals surface area contributed by atoms with Gasteiger partial charge in [0.2, 0.25) is 0 Å². The van der Waals surface area contributed by atoms with Crippen molar-refractivity contribution in [3.8, 4) is 0 Å². The van der Waals surface area contributed by atoms with Crippen molar-refractivity contribution in [2.24, 2.45) is 0 Å². The molecule has 2 rings (SSSR count). The van der Waals surface area contributed by atoms with Crippen LogP contribution in [0, 0.1) is 0 Å².